The van der Waals surface area contributed by atoms with Gasteiger partial charge in [0, 0.05) is 13.0 Å². The SMILES string of the molecule is CCN1CCC(CC2OCC(CCO)O2)CC1. The second-order valence-electron chi connectivity index (χ2n) is 5.15. The summed E-state index contributed by atoms with van der Waals surface area (Å²) in [7, 11) is 0. The van der Waals surface area contributed by atoms with Crippen molar-refractivity contribution in [1.29, 1.82) is 0 Å². The summed E-state index contributed by atoms with van der Waals surface area (Å²) < 4.78 is 11.4. The second kappa shape index (κ2) is 6.69. The number of likely N-dealkylation sites (tertiary alicyclic amines) is 1. The van der Waals surface area contributed by atoms with E-state index < -0.39 is 0 Å². The molecule has 4 heteroatoms. The number of hydrogen-bond acceptors (Lipinski definition) is 4. The van der Waals surface area contributed by atoms with Crippen LogP contribution in [0.1, 0.15) is 32.6 Å². The highest BCUT2D eigenvalue weighted by Crippen LogP contribution is 2.26. The summed E-state index contributed by atoms with van der Waals surface area (Å²) in [6.07, 6.45) is 4.35. The first-order valence-corrected chi connectivity index (χ1v) is 6.92. The summed E-state index contributed by atoms with van der Waals surface area (Å²) in [5.41, 5.74) is 0. The Morgan fingerprint density at radius 3 is 2.71 bits per heavy atom. The van der Waals surface area contributed by atoms with Crippen molar-refractivity contribution in [2.75, 3.05) is 32.8 Å². The van der Waals surface area contributed by atoms with E-state index in [1.54, 1.807) is 0 Å². The lowest BCUT2D eigenvalue weighted by Gasteiger charge is -2.31. The minimum Gasteiger partial charge on any atom is -0.396 e. The zero-order valence-electron chi connectivity index (χ0n) is 10.8. The Morgan fingerprint density at radius 1 is 1.29 bits per heavy atom. The van der Waals surface area contributed by atoms with Crippen LogP contribution in [-0.2, 0) is 9.47 Å². The normalized spacial score (nSPS) is 32.1. The van der Waals surface area contributed by atoms with Crippen LogP contribution in [0.25, 0.3) is 0 Å². The smallest absolute Gasteiger partial charge is 0.158 e. The minimum atomic E-state index is -0.0234. The zero-order valence-corrected chi connectivity index (χ0v) is 10.8. The summed E-state index contributed by atoms with van der Waals surface area (Å²) in [5, 5.41) is 8.85. The van der Waals surface area contributed by atoms with Gasteiger partial charge in [-0.25, -0.2) is 0 Å². The van der Waals surface area contributed by atoms with Gasteiger partial charge in [-0.2, -0.15) is 0 Å². The van der Waals surface area contributed by atoms with E-state index >= 15 is 0 Å². The Morgan fingerprint density at radius 2 is 2.06 bits per heavy atom. The van der Waals surface area contributed by atoms with Gasteiger partial charge in [-0.05, 0) is 44.8 Å². The third-order valence-corrected chi connectivity index (χ3v) is 3.94. The van der Waals surface area contributed by atoms with Crippen molar-refractivity contribution in [3.05, 3.63) is 0 Å². The van der Waals surface area contributed by atoms with Crippen molar-refractivity contribution in [2.24, 2.45) is 5.92 Å². The van der Waals surface area contributed by atoms with E-state index in [0.29, 0.717) is 13.0 Å². The molecule has 2 aliphatic rings. The van der Waals surface area contributed by atoms with Gasteiger partial charge in [-0.15, -0.1) is 0 Å². The van der Waals surface area contributed by atoms with Crippen molar-refractivity contribution in [1.82, 2.24) is 4.90 Å². The minimum absolute atomic E-state index is 0.0234. The predicted octanol–water partition coefficient (Wildman–Crippen LogP) is 1.23. The van der Waals surface area contributed by atoms with Crippen LogP contribution in [0.4, 0.5) is 0 Å². The number of nitrogens with zero attached hydrogens (tertiary/aromatic N) is 1. The maximum atomic E-state index is 8.85. The molecule has 2 saturated heterocycles. The highest BCUT2D eigenvalue weighted by molar-refractivity contribution is 4.74. The molecule has 0 amide bonds. The molecule has 0 saturated carbocycles. The van der Waals surface area contributed by atoms with E-state index in [1.165, 1.54) is 32.5 Å². The molecule has 0 aromatic carbocycles. The number of aliphatic hydroxyl groups is 1. The molecular formula is C13H25NO3. The van der Waals surface area contributed by atoms with Crippen LogP contribution >= 0.6 is 0 Å². The number of rotatable bonds is 5. The molecule has 0 bridgehead atoms. The molecule has 2 rings (SSSR count). The maximum absolute atomic E-state index is 8.85. The van der Waals surface area contributed by atoms with Crippen LogP contribution in [0, 0.1) is 5.92 Å². The number of piperidine rings is 1. The van der Waals surface area contributed by atoms with Gasteiger partial charge in [-0.3, -0.25) is 0 Å². The lowest BCUT2D eigenvalue weighted by atomic mass is 9.93. The van der Waals surface area contributed by atoms with Crippen molar-refractivity contribution in [3.8, 4) is 0 Å². The first kappa shape index (κ1) is 13.3. The molecule has 2 unspecified atom stereocenters. The lowest BCUT2D eigenvalue weighted by molar-refractivity contribution is -0.0774. The largest absolute Gasteiger partial charge is 0.396 e. The molecule has 2 heterocycles. The standard InChI is InChI=1S/C13H25NO3/c1-2-14-6-3-11(4-7-14)9-13-16-10-12(17-13)5-8-15/h11-13,15H,2-10H2,1H3. The van der Waals surface area contributed by atoms with E-state index in [0.717, 1.165) is 12.3 Å². The highest BCUT2D eigenvalue weighted by atomic mass is 16.7. The topological polar surface area (TPSA) is 41.9 Å². The second-order valence-corrected chi connectivity index (χ2v) is 5.15. The third-order valence-electron chi connectivity index (χ3n) is 3.94. The van der Waals surface area contributed by atoms with Crippen LogP contribution in [0.5, 0.6) is 0 Å². The summed E-state index contributed by atoms with van der Waals surface area (Å²) in [6, 6.07) is 0. The Bertz CT molecular complexity index is 217. The molecule has 1 N–H and O–H groups in total. The summed E-state index contributed by atoms with van der Waals surface area (Å²) >= 11 is 0. The van der Waals surface area contributed by atoms with Crippen molar-refractivity contribution >= 4 is 0 Å². The van der Waals surface area contributed by atoms with Gasteiger partial charge in [0.2, 0.25) is 0 Å². The van der Waals surface area contributed by atoms with Gasteiger partial charge in [-0.1, -0.05) is 6.92 Å². The molecule has 0 aliphatic carbocycles. The molecule has 4 nitrogen and oxygen atoms in total. The predicted molar refractivity (Wildman–Crippen MR) is 65.8 cm³/mol. The monoisotopic (exact) mass is 243 g/mol. The molecule has 2 atom stereocenters. The molecule has 0 aromatic heterocycles. The van der Waals surface area contributed by atoms with Gasteiger partial charge in [0.05, 0.1) is 12.7 Å². The van der Waals surface area contributed by atoms with Gasteiger partial charge >= 0.3 is 0 Å². The zero-order chi connectivity index (χ0) is 12.1. The molecule has 2 fully saturated rings. The van der Waals surface area contributed by atoms with Crippen LogP contribution in [0.3, 0.4) is 0 Å². The molecule has 17 heavy (non-hydrogen) atoms. The molecule has 0 spiro atoms. The molecule has 0 radical (unpaired) electrons. The van der Waals surface area contributed by atoms with Gasteiger partial charge < -0.3 is 19.5 Å². The first-order valence-electron chi connectivity index (χ1n) is 6.92. The van der Waals surface area contributed by atoms with Crippen LogP contribution in [0.15, 0.2) is 0 Å². The Hall–Kier alpha value is -0.160. The van der Waals surface area contributed by atoms with E-state index in [4.69, 9.17) is 14.6 Å². The third kappa shape index (κ3) is 3.91. The van der Waals surface area contributed by atoms with Crippen molar-refractivity contribution < 1.29 is 14.6 Å². The van der Waals surface area contributed by atoms with Crippen molar-refractivity contribution in [2.45, 2.75) is 45.0 Å². The first-order chi connectivity index (χ1) is 8.31. The fourth-order valence-electron chi connectivity index (χ4n) is 2.74. The average Bonchev–Trinajstić information content (AvgIpc) is 2.78. The number of aliphatic hydroxyl groups excluding tert-OH is 1. The summed E-state index contributed by atoms with van der Waals surface area (Å²) in [4.78, 5) is 2.50. The fraction of sp³-hybridized carbons (Fsp3) is 1.00. The van der Waals surface area contributed by atoms with Crippen molar-refractivity contribution in [3.63, 3.8) is 0 Å². The number of ether oxygens (including phenoxy) is 2. The van der Waals surface area contributed by atoms with E-state index in [2.05, 4.69) is 11.8 Å². The van der Waals surface area contributed by atoms with Crippen LogP contribution < -0.4 is 0 Å². The van der Waals surface area contributed by atoms with E-state index in [-0.39, 0.29) is 19.0 Å². The highest BCUT2D eigenvalue weighted by Gasteiger charge is 2.29. The average molecular weight is 243 g/mol. The molecule has 0 aromatic rings. The lowest BCUT2D eigenvalue weighted by Crippen LogP contribution is -2.34. The quantitative estimate of drug-likeness (QED) is 0.788. The Labute approximate surface area is 104 Å². The summed E-state index contributed by atoms with van der Waals surface area (Å²) in [6.45, 7) is 6.67. The molecule has 2 aliphatic heterocycles. The van der Waals surface area contributed by atoms with Gasteiger partial charge in [0.1, 0.15) is 0 Å². The van der Waals surface area contributed by atoms with Crippen LogP contribution in [0.2, 0.25) is 0 Å². The van der Waals surface area contributed by atoms with E-state index in [1.807, 2.05) is 0 Å². The summed E-state index contributed by atoms with van der Waals surface area (Å²) in [5.74, 6) is 0.746. The van der Waals surface area contributed by atoms with E-state index in [9.17, 15) is 0 Å². The van der Waals surface area contributed by atoms with Crippen LogP contribution in [-0.4, -0.2) is 55.2 Å². The maximum Gasteiger partial charge on any atom is 0.158 e. The fourth-order valence-corrected chi connectivity index (χ4v) is 2.74. The molecule has 100 valence electrons. The Kier molecular flexibility index (Phi) is 5.22. The van der Waals surface area contributed by atoms with Gasteiger partial charge in [0.15, 0.2) is 6.29 Å². The Balaban J connectivity index is 1.65. The van der Waals surface area contributed by atoms with Gasteiger partial charge in [0.25, 0.3) is 0 Å². The molecular weight excluding hydrogens is 218 g/mol. The number of hydrogen-bond donors (Lipinski definition) is 1.